The van der Waals surface area contributed by atoms with Crippen molar-refractivity contribution in [1.29, 1.82) is 0 Å². The van der Waals surface area contributed by atoms with E-state index in [9.17, 15) is 0 Å². The van der Waals surface area contributed by atoms with Gasteiger partial charge < -0.3 is 10.9 Å². The number of pyridine rings is 2. The smallest absolute Gasteiger partial charge is 0.164 e. The highest BCUT2D eigenvalue weighted by Crippen LogP contribution is 2.27. The summed E-state index contributed by atoms with van der Waals surface area (Å²) in [7, 11) is 0. The molecule has 4 aromatic rings. The first-order chi connectivity index (χ1) is 11.9. The lowest BCUT2D eigenvalue weighted by Gasteiger charge is -2.17. The fraction of sp³-hybridized carbons (Fsp3) is 0. The zero-order valence-electron chi connectivity index (χ0n) is 13.0. The first-order valence-electron chi connectivity index (χ1n) is 7.77. The van der Waals surface area contributed by atoms with Gasteiger partial charge in [-0.3, -0.25) is 0 Å². The van der Waals surface area contributed by atoms with Crippen molar-refractivity contribution in [3.05, 3.63) is 108 Å². The lowest BCUT2D eigenvalue weighted by Crippen LogP contribution is -2.26. The maximum absolute atomic E-state index is 4.57. The van der Waals surface area contributed by atoms with Gasteiger partial charge in [-0.15, -0.1) is 0 Å². The highest BCUT2D eigenvalue weighted by Gasteiger charge is 1.95. The molecule has 24 heavy (non-hydrogen) atoms. The van der Waals surface area contributed by atoms with Gasteiger partial charge >= 0.3 is 0 Å². The Bertz CT molecular complexity index is 872. The highest BCUT2D eigenvalue weighted by molar-refractivity contribution is 5.88. The highest BCUT2D eigenvalue weighted by atomic mass is 15.4. The van der Waals surface area contributed by atoms with Crippen molar-refractivity contribution < 1.29 is 9.35 Å². The van der Waals surface area contributed by atoms with Crippen LogP contribution in [0.25, 0.3) is 21.6 Å². The summed E-state index contributed by atoms with van der Waals surface area (Å²) < 4.78 is 3.60. The summed E-state index contributed by atoms with van der Waals surface area (Å²) in [6.07, 6.45) is 7.68. The minimum absolute atomic E-state index is 0.917. The number of benzene rings is 2. The van der Waals surface area contributed by atoms with Crippen LogP contribution < -0.4 is 9.35 Å². The molecule has 116 valence electrons. The fourth-order valence-corrected chi connectivity index (χ4v) is 2.52. The van der Waals surface area contributed by atoms with Gasteiger partial charge in [0.1, 0.15) is 0 Å². The summed E-state index contributed by atoms with van der Waals surface area (Å²) in [6, 6.07) is 24.1. The van der Waals surface area contributed by atoms with Gasteiger partial charge in [0.15, 0.2) is 24.8 Å². The van der Waals surface area contributed by atoms with Crippen LogP contribution in [0.15, 0.2) is 97.6 Å². The third-order valence-corrected chi connectivity index (χ3v) is 3.67. The Morgan fingerprint density at radius 1 is 0.500 bits per heavy atom. The van der Waals surface area contributed by atoms with Crippen molar-refractivity contribution in [1.82, 2.24) is 0 Å². The van der Waals surface area contributed by atoms with Gasteiger partial charge in [-0.25, -0.2) is 9.35 Å². The lowest BCUT2D eigenvalue weighted by molar-refractivity contribution is -0.619. The van der Waals surface area contributed by atoms with Crippen LogP contribution in [0.1, 0.15) is 0 Å². The molecule has 0 bridgehead atoms. The molecule has 0 spiro atoms. The molecule has 0 N–H and O–H groups in total. The Labute approximate surface area is 140 Å². The molecule has 0 radical (unpaired) electrons. The van der Waals surface area contributed by atoms with Crippen LogP contribution in [-0.4, -0.2) is 0 Å². The van der Waals surface area contributed by atoms with E-state index in [1.807, 2.05) is 73.3 Å². The number of hydrogen-bond donors (Lipinski definition) is 0. The second kappa shape index (κ2) is 6.38. The van der Waals surface area contributed by atoms with Crippen molar-refractivity contribution in [2.45, 2.75) is 0 Å². The van der Waals surface area contributed by atoms with Crippen LogP contribution >= 0.6 is 0 Å². The Morgan fingerprint density at radius 3 is 1.33 bits per heavy atom. The number of hydrogen-bond acceptors (Lipinski definition) is 0. The number of nitrogens with zero attached hydrogens (tertiary/aromatic N) is 4. The quantitative estimate of drug-likeness (QED) is 0.502. The van der Waals surface area contributed by atoms with Crippen LogP contribution in [0.3, 0.4) is 0 Å². The molecule has 0 fully saturated rings. The summed E-state index contributed by atoms with van der Waals surface area (Å²) in [6.45, 7) is 0. The molecule has 4 nitrogen and oxygen atoms in total. The summed E-state index contributed by atoms with van der Waals surface area (Å²) in [5, 5.41) is 2.29. The van der Waals surface area contributed by atoms with Gasteiger partial charge in [-0.1, -0.05) is 59.9 Å². The number of rotatable bonds is 4. The molecule has 0 aliphatic rings. The van der Waals surface area contributed by atoms with Gasteiger partial charge in [0.2, 0.25) is 0 Å². The first kappa shape index (κ1) is 14.2. The van der Waals surface area contributed by atoms with E-state index in [0.717, 1.165) is 22.1 Å². The summed E-state index contributed by atoms with van der Waals surface area (Å²) in [5.74, 6) is 0. The monoisotopic (exact) mass is 312 g/mol. The average molecular weight is 312 g/mol. The van der Waals surface area contributed by atoms with Crippen molar-refractivity contribution in [2.75, 3.05) is 0 Å². The Hall–Kier alpha value is -3.40. The van der Waals surface area contributed by atoms with E-state index in [1.54, 1.807) is 9.35 Å². The molecule has 0 amide bonds. The molecule has 0 unspecified atom stereocenters. The third-order valence-electron chi connectivity index (χ3n) is 3.67. The topological polar surface area (TPSA) is 36.0 Å². The van der Waals surface area contributed by atoms with E-state index in [2.05, 4.69) is 35.1 Å². The van der Waals surface area contributed by atoms with E-state index in [-0.39, 0.29) is 0 Å². The third kappa shape index (κ3) is 3.17. The molecule has 0 saturated carbocycles. The average Bonchev–Trinajstić information content (AvgIpc) is 2.64. The van der Waals surface area contributed by atoms with Gasteiger partial charge in [-0.2, -0.15) is 0 Å². The SMILES string of the molecule is c1cc[n+]([N-]c2ccc3cc([N-][n+]4ccccc4)ccc3c2)cc1. The van der Waals surface area contributed by atoms with Gasteiger partial charge in [-0.05, 0) is 10.8 Å². The molecule has 0 aliphatic carbocycles. The molecule has 4 rings (SSSR count). The molecule has 0 atom stereocenters. The molecule has 2 aromatic carbocycles. The molecular weight excluding hydrogens is 296 g/mol. The summed E-state index contributed by atoms with van der Waals surface area (Å²) in [5.41, 5.74) is 11.0. The van der Waals surface area contributed by atoms with Crippen molar-refractivity contribution >= 4 is 22.1 Å². The second-order valence-electron chi connectivity index (χ2n) is 5.43. The van der Waals surface area contributed by atoms with Crippen molar-refractivity contribution in [2.24, 2.45) is 0 Å². The van der Waals surface area contributed by atoms with E-state index < -0.39 is 0 Å². The number of aromatic nitrogens is 2. The predicted molar refractivity (Wildman–Crippen MR) is 94.1 cm³/mol. The molecule has 2 aromatic heterocycles. The first-order valence-corrected chi connectivity index (χ1v) is 7.77. The zero-order valence-corrected chi connectivity index (χ0v) is 13.0. The van der Waals surface area contributed by atoms with Gasteiger partial charge in [0.25, 0.3) is 0 Å². The zero-order chi connectivity index (χ0) is 16.2. The lowest BCUT2D eigenvalue weighted by atomic mass is 10.1. The fourth-order valence-electron chi connectivity index (χ4n) is 2.52. The Morgan fingerprint density at radius 2 is 0.917 bits per heavy atom. The molecule has 0 saturated heterocycles. The second-order valence-corrected chi connectivity index (χ2v) is 5.43. The largest absolute Gasteiger partial charge is 0.405 e. The van der Waals surface area contributed by atoms with Crippen LogP contribution in [0.5, 0.6) is 0 Å². The maximum Gasteiger partial charge on any atom is 0.164 e. The maximum atomic E-state index is 4.57. The summed E-state index contributed by atoms with van der Waals surface area (Å²) in [4.78, 5) is 0. The van der Waals surface area contributed by atoms with Crippen LogP contribution in [0.2, 0.25) is 0 Å². The Kier molecular flexibility index (Phi) is 3.78. The number of fused-ring (bicyclic) bond motifs is 1. The van der Waals surface area contributed by atoms with Crippen LogP contribution in [-0.2, 0) is 0 Å². The normalized spacial score (nSPS) is 10.5. The summed E-state index contributed by atoms with van der Waals surface area (Å²) >= 11 is 0. The minimum atomic E-state index is 0.917. The minimum Gasteiger partial charge on any atom is -0.405 e. The van der Waals surface area contributed by atoms with E-state index in [1.165, 1.54) is 0 Å². The van der Waals surface area contributed by atoms with E-state index >= 15 is 0 Å². The molecule has 4 heteroatoms. The van der Waals surface area contributed by atoms with Crippen molar-refractivity contribution in [3.8, 4) is 0 Å². The molecule has 0 aliphatic heterocycles. The van der Waals surface area contributed by atoms with E-state index in [4.69, 9.17) is 0 Å². The standard InChI is InChI=1S/C20H16N4/c1-3-11-23(12-4-1)21-19-9-7-18-16-20(10-8-17(18)15-19)22-24-13-5-2-6-14-24/h1-16H. The van der Waals surface area contributed by atoms with Crippen LogP contribution in [0, 0.1) is 0 Å². The van der Waals surface area contributed by atoms with Gasteiger partial charge in [0.05, 0.1) is 0 Å². The van der Waals surface area contributed by atoms with E-state index in [0.29, 0.717) is 0 Å². The Balaban J connectivity index is 1.59. The van der Waals surface area contributed by atoms with Gasteiger partial charge in [0, 0.05) is 24.3 Å². The molecular formula is C20H16N4. The predicted octanol–water partition coefficient (Wildman–Crippen LogP) is 4.35. The molecule has 2 heterocycles. The van der Waals surface area contributed by atoms with Crippen molar-refractivity contribution in [3.63, 3.8) is 0 Å². The van der Waals surface area contributed by atoms with Crippen LogP contribution in [0.4, 0.5) is 11.4 Å².